The second-order valence-electron chi connectivity index (χ2n) is 4.36. The summed E-state index contributed by atoms with van der Waals surface area (Å²) in [6.45, 7) is 0. The van der Waals surface area contributed by atoms with Gasteiger partial charge in [0.05, 0.1) is 17.0 Å². The highest BCUT2D eigenvalue weighted by Crippen LogP contribution is 2.17. The minimum absolute atomic E-state index is 0.0749. The van der Waals surface area contributed by atoms with E-state index < -0.39 is 15.9 Å². The summed E-state index contributed by atoms with van der Waals surface area (Å²) in [5, 5.41) is 2.18. The number of thiazole rings is 1. The van der Waals surface area contributed by atoms with Crippen molar-refractivity contribution in [1.29, 1.82) is 0 Å². The molecule has 0 saturated carbocycles. The Bertz CT molecular complexity index is 715. The Morgan fingerprint density at radius 2 is 2.10 bits per heavy atom. The van der Waals surface area contributed by atoms with Crippen LogP contribution in [0.15, 0.2) is 35.2 Å². The van der Waals surface area contributed by atoms with Crippen molar-refractivity contribution in [1.82, 2.24) is 9.71 Å². The van der Waals surface area contributed by atoms with Crippen LogP contribution in [0.5, 0.6) is 0 Å². The molecule has 112 valence electrons. The molecule has 0 aliphatic heterocycles. The molecule has 2 aromatic rings. The number of nitrogens with zero attached hydrogens (tertiary/aromatic N) is 1. The van der Waals surface area contributed by atoms with Gasteiger partial charge in [-0.05, 0) is 18.1 Å². The number of hydrogen-bond donors (Lipinski definition) is 1. The number of amides is 1. The van der Waals surface area contributed by atoms with Crippen molar-refractivity contribution in [2.24, 2.45) is 0 Å². The standard InChI is InChI=1S/C13H13ClN2O3S2/c14-12-4-2-1-3-10(12)8-21(18,19)16-13(17)6-5-11-7-20-9-15-11/h1-4,7,9H,5-6,8H2,(H,16,17). The van der Waals surface area contributed by atoms with E-state index in [-0.39, 0.29) is 12.2 Å². The summed E-state index contributed by atoms with van der Waals surface area (Å²) in [7, 11) is -3.75. The van der Waals surface area contributed by atoms with Crippen molar-refractivity contribution >= 4 is 38.9 Å². The lowest BCUT2D eigenvalue weighted by atomic mass is 10.2. The zero-order chi connectivity index (χ0) is 15.3. The fourth-order valence-corrected chi connectivity index (χ4v) is 3.74. The van der Waals surface area contributed by atoms with Crippen LogP contribution >= 0.6 is 22.9 Å². The lowest BCUT2D eigenvalue weighted by Gasteiger charge is -2.07. The molecular formula is C13H13ClN2O3S2. The molecule has 1 aromatic carbocycles. The first-order valence-corrected chi connectivity index (χ1v) is 9.07. The van der Waals surface area contributed by atoms with Crippen LogP contribution in [-0.2, 0) is 27.0 Å². The van der Waals surface area contributed by atoms with Crippen molar-refractivity contribution in [3.8, 4) is 0 Å². The third kappa shape index (κ3) is 5.11. The van der Waals surface area contributed by atoms with Gasteiger partial charge in [-0.25, -0.2) is 13.4 Å². The molecule has 1 N–H and O–H groups in total. The Hall–Kier alpha value is -1.44. The maximum Gasteiger partial charge on any atom is 0.239 e. The first-order chi connectivity index (χ1) is 9.96. The van der Waals surface area contributed by atoms with Gasteiger partial charge in [0, 0.05) is 16.8 Å². The molecule has 2 rings (SSSR count). The van der Waals surface area contributed by atoms with E-state index in [4.69, 9.17) is 11.6 Å². The highest BCUT2D eigenvalue weighted by atomic mass is 35.5. The molecule has 0 unspecified atom stereocenters. The van der Waals surface area contributed by atoms with Crippen LogP contribution in [0.4, 0.5) is 0 Å². The van der Waals surface area contributed by atoms with E-state index in [1.54, 1.807) is 29.8 Å². The molecule has 21 heavy (non-hydrogen) atoms. The SMILES string of the molecule is O=C(CCc1cscn1)NS(=O)(=O)Cc1ccccc1Cl. The van der Waals surface area contributed by atoms with E-state index in [1.807, 2.05) is 10.1 Å². The molecule has 0 radical (unpaired) electrons. The number of rotatable bonds is 6. The molecule has 0 fully saturated rings. The highest BCUT2D eigenvalue weighted by molar-refractivity contribution is 7.89. The quantitative estimate of drug-likeness (QED) is 0.872. The third-order valence-electron chi connectivity index (χ3n) is 2.66. The van der Waals surface area contributed by atoms with E-state index in [9.17, 15) is 13.2 Å². The van der Waals surface area contributed by atoms with Crippen molar-refractivity contribution < 1.29 is 13.2 Å². The summed E-state index contributed by atoms with van der Waals surface area (Å²) >= 11 is 7.34. The topological polar surface area (TPSA) is 76.1 Å². The minimum Gasteiger partial charge on any atom is -0.274 e. The van der Waals surface area contributed by atoms with Gasteiger partial charge < -0.3 is 0 Å². The van der Waals surface area contributed by atoms with E-state index in [1.165, 1.54) is 11.3 Å². The highest BCUT2D eigenvalue weighted by Gasteiger charge is 2.17. The summed E-state index contributed by atoms with van der Waals surface area (Å²) in [5.41, 5.74) is 2.90. The Morgan fingerprint density at radius 3 is 2.76 bits per heavy atom. The largest absolute Gasteiger partial charge is 0.274 e. The molecular weight excluding hydrogens is 332 g/mol. The fraction of sp³-hybridized carbons (Fsp3) is 0.231. The number of hydrogen-bond acceptors (Lipinski definition) is 5. The predicted molar refractivity (Wildman–Crippen MR) is 82.7 cm³/mol. The van der Waals surface area contributed by atoms with E-state index in [0.29, 0.717) is 17.0 Å². The van der Waals surface area contributed by atoms with Crippen LogP contribution in [0.25, 0.3) is 0 Å². The first kappa shape index (κ1) is 15.9. The van der Waals surface area contributed by atoms with Crippen molar-refractivity contribution in [3.05, 3.63) is 51.4 Å². The van der Waals surface area contributed by atoms with Gasteiger partial charge in [-0.3, -0.25) is 9.52 Å². The van der Waals surface area contributed by atoms with Gasteiger partial charge >= 0.3 is 0 Å². The van der Waals surface area contributed by atoms with E-state index in [2.05, 4.69) is 4.98 Å². The molecule has 0 aliphatic rings. The number of benzene rings is 1. The Labute approximate surface area is 132 Å². The molecule has 8 heteroatoms. The average molecular weight is 345 g/mol. The monoisotopic (exact) mass is 344 g/mol. The average Bonchev–Trinajstić information content (AvgIpc) is 2.91. The zero-order valence-corrected chi connectivity index (χ0v) is 13.3. The second-order valence-corrected chi connectivity index (χ2v) is 7.20. The number of carbonyl (C=O) groups excluding carboxylic acids is 1. The molecule has 0 spiro atoms. The van der Waals surface area contributed by atoms with E-state index >= 15 is 0 Å². The Morgan fingerprint density at radius 1 is 1.33 bits per heavy atom. The molecule has 5 nitrogen and oxygen atoms in total. The molecule has 1 amide bonds. The molecule has 0 atom stereocenters. The van der Waals surface area contributed by atoms with Crippen LogP contribution in [0, 0.1) is 0 Å². The summed E-state index contributed by atoms with van der Waals surface area (Å²) in [4.78, 5) is 15.7. The minimum atomic E-state index is -3.75. The number of carbonyl (C=O) groups is 1. The van der Waals surface area contributed by atoms with Gasteiger partial charge in [0.25, 0.3) is 0 Å². The summed E-state index contributed by atoms with van der Waals surface area (Å²) in [5.74, 6) is -0.871. The molecule has 0 aliphatic carbocycles. The Kier molecular flexibility index (Phi) is 5.33. The number of aromatic nitrogens is 1. The number of aryl methyl sites for hydroxylation is 1. The van der Waals surface area contributed by atoms with Crippen LogP contribution in [0.1, 0.15) is 17.7 Å². The molecule has 0 bridgehead atoms. The molecule has 1 heterocycles. The predicted octanol–water partition coefficient (Wildman–Crippen LogP) is 2.38. The van der Waals surface area contributed by atoms with Crippen molar-refractivity contribution in [2.75, 3.05) is 0 Å². The second kappa shape index (κ2) is 7.02. The third-order valence-corrected chi connectivity index (χ3v) is 4.90. The van der Waals surface area contributed by atoms with Crippen LogP contribution in [0.3, 0.4) is 0 Å². The Balaban J connectivity index is 1.91. The number of sulfonamides is 1. The van der Waals surface area contributed by atoms with Gasteiger partial charge in [0.2, 0.25) is 15.9 Å². The van der Waals surface area contributed by atoms with Crippen LogP contribution < -0.4 is 4.72 Å². The maximum absolute atomic E-state index is 11.9. The fourth-order valence-electron chi connectivity index (χ4n) is 1.68. The maximum atomic E-state index is 11.9. The van der Waals surface area contributed by atoms with Gasteiger partial charge in [0.15, 0.2) is 0 Å². The van der Waals surface area contributed by atoms with Crippen molar-refractivity contribution in [2.45, 2.75) is 18.6 Å². The summed E-state index contributed by atoms with van der Waals surface area (Å²) in [6.07, 6.45) is 0.489. The molecule has 0 saturated heterocycles. The van der Waals surface area contributed by atoms with Gasteiger partial charge in [0.1, 0.15) is 0 Å². The summed E-state index contributed by atoms with van der Waals surface area (Å²) in [6, 6.07) is 6.63. The van der Waals surface area contributed by atoms with Crippen LogP contribution in [0.2, 0.25) is 5.02 Å². The lowest BCUT2D eigenvalue weighted by molar-refractivity contribution is -0.119. The molecule has 1 aromatic heterocycles. The van der Waals surface area contributed by atoms with Gasteiger partial charge in [-0.1, -0.05) is 29.8 Å². The van der Waals surface area contributed by atoms with E-state index in [0.717, 1.165) is 5.69 Å². The summed E-state index contributed by atoms with van der Waals surface area (Å²) < 4.78 is 25.9. The lowest BCUT2D eigenvalue weighted by Crippen LogP contribution is -2.31. The first-order valence-electron chi connectivity index (χ1n) is 6.10. The van der Waals surface area contributed by atoms with Crippen molar-refractivity contribution in [3.63, 3.8) is 0 Å². The van der Waals surface area contributed by atoms with Gasteiger partial charge in [-0.15, -0.1) is 11.3 Å². The normalized spacial score (nSPS) is 11.3. The van der Waals surface area contributed by atoms with Crippen LogP contribution in [-0.4, -0.2) is 19.3 Å². The zero-order valence-electron chi connectivity index (χ0n) is 11.0. The number of nitrogens with one attached hydrogen (secondary N) is 1. The smallest absolute Gasteiger partial charge is 0.239 e. The van der Waals surface area contributed by atoms with Gasteiger partial charge in [-0.2, -0.15) is 0 Å². The number of halogens is 1.